The monoisotopic (exact) mass is 282 g/mol. The molecular formula is C17H18N2O2. The number of amides is 1. The molecule has 108 valence electrons. The third-order valence-corrected chi connectivity index (χ3v) is 3.60. The van der Waals surface area contributed by atoms with Gasteiger partial charge in [0.2, 0.25) is 5.91 Å². The van der Waals surface area contributed by atoms with Gasteiger partial charge in [-0.25, -0.2) is 0 Å². The van der Waals surface area contributed by atoms with Crippen LogP contribution in [-0.4, -0.2) is 11.4 Å². The van der Waals surface area contributed by atoms with Gasteiger partial charge < -0.3 is 15.8 Å². The summed E-state index contributed by atoms with van der Waals surface area (Å²) in [5, 5.41) is 2.83. The lowest BCUT2D eigenvalue weighted by atomic mass is 10.2. The fourth-order valence-electron chi connectivity index (χ4n) is 1.99. The van der Waals surface area contributed by atoms with Crippen molar-refractivity contribution >= 4 is 11.6 Å². The van der Waals surface area contributed by atoms with Gasteiger partial charge in [0.15, 0.2) is 0 Å². The van der Waals surface area contributed by atoms with Gasteiger partial charge in [0.05, 0.1) is 5.54 Å². The summed E-state index contributed by atoms with van der Waals surface area (Å²) in [4.78, 5) is 11.8. The van der Waals surface area contributed by atoms with Crippen molar-refractivity contribution in [3.05, 3.63) is 60.2 Å². The lowest BCUT2D eigenvalue weighted by molar-refractivity contribution is -0.118. The maximum Gasteiger partial charge on any atom is 0.244 e. The standard InChI is InChI=1S/C17H18N2O2/c18-17(10-11-17)16(20)19-14-6-8-15(9-7-14)21-12-13-4-2-1-3-5-13/h1-9H,10-12,18H2,(H,19,20). The molecule has 0 heterocycles. The van der Waals surface area contributed by atoms with E-state index in [1.54, 1.807) is 0 Å². The van der Waals surface area contributed by atoms with Gasteiger partial charge in [0.1, 0.15) is 12.4 Å². The van der Waals surface area contributed by atoms with Crippen molar-refractivity contribution in [1.29, 1.82) is 0 Å². The second-order valence-corrected chi connectivity index (χ2v) is 5.41. The fourth-order valence-corrected chi connectivity index (χ4v) is 1.99. The molecule has 1 amide bonds. The highest BCUT2D eigenvalue weighted by Gasteiger charge is 2.45. The molecule has 3 N–H and O–H groups in total. The van der Waals surface area contributed by atoms with Crippen molar-refractivity contribution in [3.63, 3.8) is 0 Å². The van der Waals surface area contributed by atoms with Gasteiger partial charge in [-0.15, -0.1) is 0 Å². The van der Waals surface area contributed by atoms with Gasteiger partial charge in [-0.05, 0) is 42.7 Å². The minimum Gasteiger partial charge on any atom is -0.489 e. The molecule has 3 rings (SSSR count). The molecule has 0 bridgehead atoms. The number of ether oxygens (including phenoxy) is 1. The maximum absolute atomic E-state index is 11.8. The number of carbonyl (C=O) groups excluding carboxylic acids is 1. The highest BCUT2D eigenvalue weighted by atomic mass is 16.5. The number of hydrogen-bond donors (Lipinski definition) is 2. The smallest absolute Gasteiger partial charge is 0.244 e. The predicted molar refractivity (Wildman–Crippen MR) is 82.0 cm³/mol. The molecule has 2 aromatic carbocycles. The van der Waals surface area contributed by atoms with Gasteiger partial charge in [-0.1, -0.05) is 30.3 Å². The Morgan fingerprint density at radius 2 is 1.76 bits per heavy atom. The van der Waals surface area contributed by atoms with Gasteiger partial charge in [0, 0.05) is 5.69 Å². The third kappa shape index (κ3) is 3.41. The Morgan fingerprint density at radius 1 is 1.10 bits per heavy atom. The second-order valence-electron chi connectivity index (χ2n) is 5.41. The summed E-state index contributed by atoms with van der Waals surface area (Å²) in [5.74, 6) is 0.659. The van der Waals surface area contributed by atoms with Gasteiger partial charge in [0.25, 0.3) is 0 Å². The summed E-state index contributed by atoms with van der Waals surface area (Å²) in [7, 11) is 0. The van der Waals surface area contributed by atoms with Crippen molar-refractivity contribution in [3.8, 4) is 5.75 Å². The quantitative estimate of drug-likeness (QED) is 0.886. The van der Waals surface area contributed by atoms with Crippen LogP contribution in [0.5, 0.6) is 5.75 Å². The lowest BCUT2D eigenvalue weighted by Gasteiger charge is -2.11. The van der Waals surface area contributed by atoms with E-state index in [0.717, 1.165) is 29.8 Å². The molecule has 0 unspecified atom stereocenters. The number of benzene rings is 2. The van der Waals surface area contributed by atoms with Crippen LogP contribution in [0.1, 0.15) is 18.4 Å². The van der Waals surface area contributed by atoms with Crippen molar-refractivity contribution < 1.29 is 9.53 Å². The van der Waals surface area contributed by atoms with Crippen molar-refractivity contribution in [1.82, 2.24) is 0 Å². The molecule has 0 aliphatic heterocycles. The van der Waals surface area contributed by atoms with Crippen LogP contribution in [0.25, 0.3) is 0 Å². The molecular weight excluding hydrogens is 264 g/mol. The van der Waals surface area contributed by atoms with Crippen LogP contribution >= 0.6 is 0 Å². The van der Waals surface area contributed by atoms with Crippen molar-refractivity contribution in [2.45, 2.75) is 25.0 Å². The molecule has 1 saturated carbocycles. The van der Waals surface area contributed by atoms with E-state index in [9.17, 15) is 4.79 Å². The average molecular weight is 282 g/mol. The predicted octanol–water partition coefficient (Wildman–Crippen LogP) is 2.70. The Kier molecular flexibility index (Phi) is 3.62. The molecule has 4 heteroatoms. The highest BCUT2D eigenvalue weighted by Crippen LogP contribution is 2.33. The molecule has 21 heavy (non-hydrogen) atoms. The number of anilines is 1. The van der Waals surface area contributed by atoms with Crippen LogP contribution in [0.4, 0.5) is 5.69 Å². The molecule has 0 saturated heterocycles. The first kappa shape index (κ1) is 13.6. The van der Waals surface area contributed by atoms with Crippen LogP contribution < -0.4 is 15.8 Å². The number of hydrogen-bond acceptors (Lipinski definition) is 3. The van der Waals surface area contributed by atoms with Gasteiger partial charge in [-0.2, -0.15) is 0 Å². The molecule has 0 spiro atoms. The molecule has 4 nitrogen and oxygen atoms in total. The van der Waals surface area contributed by atoms with E-state index in [0.29, 0.717) is 6.61 Å². The summed E-state index contributed by atoms with van der Waals surface area (Å²) in [6, 6.07) is 17.3. The van der Waals surface area contributed by atoms with E-state index in [-0.39, 0.29) is 5.91 Å². The second kappa shape index (κ2) is 5.58. The van der Waals surface area contributed by atoms with E-state index in [1.807, 2.05) is 54.6 Å². The van der Waals surface area contributed by atoms with Gasteiger partial charge >= 0.3 is 0 Å². The molecule has 0 atom stereocenters. The first-order chi connectivity index (χ1) is 10.2. The Hall–Kier alpha value is -2.33. The first-order valence-electron chi connectivity index (χ1n) is 7.03. The third-order valence-electron chi connectivity index (χ3n) is 3.60. The zero-order chi connectivity index (χ0) is 14.7. The Morgan fingerprint density at radius 3 is 2.38 bits per heavy atom. The molecule has 2 aromatic rings. The van der Waals surface area contributed by atoms with Crippen LogP contribution in [0, 0.1) is 0 Å². The van der Waals surface area contributed by atoms with Crippen LogP contribution in [-0.2, 0) is 11.4 Å². The van der Waals surface area contributed by atoms with E-state index < -0.39 is 5.54 Å². The fraction of sp³-hybridized carbons (Fsp3) is 0.235. The zero-order valence-electron chi connectivity index (χ0n) is 11.7. The number of nitrogens with one attached hydrogen (secondary N) is 1. The summed E-state index contributed by atoms with van der Waals surface area (Å²) >= 11 is 0. The Balaban J connectivity index is 1.55. The minimum absolute atomic E-state index is 0.111. The number of carbonyl (C=O) groups is 1. The first-order valence-corrected chi connectivity index (χ1v) is 7.03. The molecule has 0 aromatic heterocycles. The minimum atomic E-state index is -0.650. The molecule has 1 aliphatic rings. The number of rotatable bonds is 5. The lowest BCUT2D eigenvalue weighted by Crippen LogP contribution is -2.37. The molecule has 1 fully saturated rings. The molecule has 0 radical (unpaired) electrons. The highest BCUT2D eigenvalue weighted by molar-refractivity contribution is 6.00. The average Bonchev–Trinajstić information content (AvgIpc) is 3.27. The van der Waals surface area contributed by atoms with Gasteiger partial charge in [-0.3, -0.25) is 4.79 Å². The summed E-state index contributed by atoms with van der Waals surface area (Å²) in [5.41, 5.74) is 7.05. The van der Waals surface area contributed by atoms with E-state index >= 15 is 0 Å². The van der Waals surface area contributed by atoms with Crippen LogP contribution in [0.15, 0.2) is 54.6 Å². The van der Waals surface area contributed by atoms with Crippen molar-refractivity contribution in [2.75, 3.05) is 5.32 Å². The zero-order valence-corrected chi connectivity index (χ0v) is 11.7. The van der Waals surface area contributed by atoms with E-state index in [4.69, 9.17) is 10.5 Å². The molecule has 1 aliphatic carbocycles. The normalized spacial score (nSPS) is 15.3. The van der Waals surface area contributed by atoms with E-state index in [2.05, 4.69) is 5.32 Å². The topological polar surface area (TPSA) is 64.4 Å². The van der Waals surface area contributed by atoms with E-state index in [1.165, 1.54) is 0 Å². The SMILES string of the molecule is NC1(C(=O)Nc2ccc(OCc3ccccc3)cc2)CC1. The summed E-state index contributed by atoms with van der Waals surface area (Å²) in [6.45, 7) is 0.526. The summed E-state index contributed by atoms with van der Waals surface area (Å²) < 4.78 is 5.69. The van der Waals surface area contributed by atoms with Crippen molar-refractivity contribution in [2.24, 2.45) is 5.73 Å². The van der Waals surface area contributed by atoms with Crippen LogP contribution in [0.3, 0.4) is 0 Å². The largest absolute Gasteiger partial charge is 0.489 e. The number of nitrogens with two attached hydrogens (primary N) is 1. The maximum atomic E-state index is 11.8. The summed E-state index contributed by atoms with van der Waals surface area (Å²) in [6.07, 6.45) is 1.52. The Bertz CT molecular complexity index is 619. The Labute approximate surface area is 123 Å². The van der Waals surface area contributed by atoms with Crippen LogP contribution in [0.2, 0.25) is 0 Å².